The minimum absolute atomic E-state index is 0.177. The van der Waals surface area contributed by atoms with Gasteiger partial charge in [0.25, 0.3) is 11.5 Å². The summed E-state index contributed by atoms with van der Waals surface area (Å²) in [5.41, 5.74) is 1.45. The van der Waals surface area contributed by atoms with Gasteiger partial charge >= 0.3 is 5.97 Å². The van der Waals surface area contributed by atoms with Gasteiger partial charge < -0.3 is 9.84 Å². The van der Waals surface area contributed by atoms with E-state index in [4.69, 9.17) is 4.74 Å². The van der Waals surface area contributed by atoms with E-state index in [0.717, 1.165) is 35.5 Å². The van der Waals surface area contributed by atoms with Crippen LogP contribution in [-0.4, -0.2) is 44.7 Å². The second-order valence-electron chi connectivity index (χ2n) is 8.48. The third-order valence-corrected chi connectivity index (χ3v) is 7.01. The topological polar surface area (TPSA) is 114 Å². The van der Waals surface area contributed by atoms with Crippen LogP contribution in [0.1, 0.15) is 38.2 Å². The Morgan fingerprint density at radius 3 is 2.56 bits per heavy atom. The highest BCUT2D eigenvalue weighted by atomic mass is 32.1. The Morgan fingerprint density at radius 1 is 1.06 bits per heavy atom. The van der Waals surface area contributed by atoms with Crippen LogP contribution in [0.4, 0.5) is 5.69 Å². The molecule has 36 heavy (non-hydrogen) atoms. The number of hydrogen-bond donors (Lipinski definition) is 1. The largest absolute Gasteiger partial charge is 0.494 e. The molecule has 2 aromatic carbocycles. The fourth-order valence-electron chi connectivity index (χ4n) is 4.22. The van der Waals surface area contributed by atoms with Crippen LogP contribution in [0.5, 0.6) is 5.75 Å². The normalized spacial score (nSPS) is 14.5. The molecule has 1 aliphatic rings. The minimum Gasteiger partial charge on any atom is -0.494 e. The summed E-state index contributed by atoms with van der Waals surface area (Å²) in [6, 6.07) is 14.3. The van der Waals surface area contributed by atoms with Crippen LogP contribution < -0.4 is 19.7 Å². The molecule has 0 unspecified atom stereocenters. The number of ether oxygens (including phenoxy) is 1. The minimum atomic E-state index is -1.14. The summed E-state index contributed by atoms with van der Waals surface area (Å²) in [6.07, 6.45) is 4.55. The van der Waals surface area contributed by atoms with E-state index in [0.29, 0.717) is 28.6 Å². The van der Waals surface area contributed by atoms with Crippen LogP contribution in [-0.2, 0) is 9.59 Å². The summed E-state index contributed by atoms with van der Waals surface area (Å²) in [7, 11) is 0. The lowest BCUT2D eigenvalue weighted by Crippen LogP contribution is -2.35. The number of carbonyl (C=O) groups is 2. The van der Waals surface area contributed by atoms with Crippen molar-refractivity contribution < 1.29 is 19.4 Å². The van der Waals surface area contributed by atoms with Crippen molar-refractivity contribution in [1.82, 2.24) is 14.6 Å². The van der Waals surface area contributed by atoms with E-state index >= 15 is 0 Å². The van der Waals surface area contributed by atoms with E-state index in [2.05, 4.69) is 17.0 Å². The molecule has 0 bridgehead atoms. The van der Waals surface area contributed by atoms with Crippen molar-refractivity contribution in [3.8, 4) is 17.1 Å². The number of carboxylic acid groups (broad SMARTS) is 1. The highest BCUT2D eigenvalue weighted by Gasteiger charge is 2.35. The number of benzene rings is 2. The number of amides is 1. The Morgan fingerprint density at radius 2 is 1.83 bits per heavy atom. The van der Waals surface area contributed by atoms with Gasteiger partial charge in [0.15, 0.2) is 5.82 Å². The quantitative estimate of drug-likeness (QED) is 0.348. The number of fused-ring (bicyclic) bond motifs is 2. The molecule has 4 aromatic rings. The van der Waals surface area contributed by atoms with Gasteiger partial charge in [-0.05, 0) is 36.8 Å². The summed E-state index contributed by atoms with van der Waals surface area (Å²) in [5, 5.41) is 13.6. The first-order valence-corrected chi connectivity index (χ1v) is 12.6. The van der Waals surface area contributed by atoms with Crippen LogP contribution in [0.25, 0.3) is 21.9 Å². The number of anilines is 1. The van der Waals surface area contributed by atoms with E-state index < -0.39 is 24.0 Å². The first kappa shape index (κ1) is 23.7. The van der Waals surface area contributed by atoms with Crippen molar-refractivity contribution in [3.05, 3.63) is 69.0 Å². The van der Waals surface area contributed by atoms with Gasteiger partial charge in [0.2, 0.25) is 4.96 Å². The van der Waals surface area contributed by atoms with Crippen molar-refractivity contribution >= 4 is 39.4 Å². The number of thiazole rings is 1. The zero-order chi connectivity index (χ0) is 25.2. The molecule has 0 radical (unpaired) electrons. The second-order valence-corrected chi connectivity index (χ2v) is 9.45. The average molecular weight is 505 g/mol. The van der Waals surface area contributed by atoms with Crippen molar-refractivity contribution in [2.24, 2.45) is 0 Å². The van der Waals surface area contributed by atoms with Crippen LogP contribution in [0.2, 0.25) is 0 Å². The molecule has 0 atom stereocenters. The summed E-state index contributed by atoms with van der Waals surface area (Å²) in [4.78, 5) is 43.7. The molecule has 0 fully saturated rings. The Hall–Kier alpha value is -4.05. The number of aliphatic carboxylic acids is 1. The highest BCUT2D eigenvalue weighted by molar-refractivity contribution is 7.15. The summed E-state index contributed by atoms with van der Waals surface area (Å²) in [5.74, 6) is -0.494. The van der Waals surface area contributed by atoms with E-state index in [1.165, 1.54) is 22.3 Å². The molecular formula is C26H24N4O5S. The lowest BCUT2D eigenvalue weighted by atomic mass is 10.1. The third-order valence-electron chi connectivity index (χ3n) is 5.98. The Labute approximate surface area is 210 Å². The predicted molar refractivity (Wildman–Crippen MR) is 136 cm³/mol. The van der Waals surface area contributed by atoms with Crippen molar-refractivity contribution in [1.29, 1.82) is 0 Å². The summed E-state index contributed by atoms with van der Waals surface area (Å²) >= 11 is 1.07. The van der Waals surface area contributed by atoms with Gasteiger partial charge in [-0.2, -0.15) is 9.50 Å². The molecule has 1 amide bonds. The van der Waals surface area contributed by atoms with Crippen molar-refractivity contribution in [2.75, 3.05) is 18.1 Å². The molecule has 0 saturated carbocycles. The van der Waals surface area contributed by atoms with Gasteiger partial charge in [-0.3, -0.25) is 19.3 Å². The number of unbranched alkanes of at least 4 members (excludes halogenated alkanes) is 3. The molecule has 2 aromatic heterocycles. The van der Waals surface area contributed by atoms with Gasteiger partial charge in [0.1, 0.15) is 16.8 Å². The van der Waals surface area contributed by atoms with Crippen molar-refractivity contribution in [3.63, 3.8) is 0 Å². The fraction of sp³-hybridized carbons (Fsp3) is 0.269. The van der Waals surface area contributed by atoms with Crippen LogP contribution in [0, 0.1) is 0 Å². The number of aromatic nitrogens is 3. The molecule has 0 saturated heterocycles. The van der Waals surface area contributed by atoms with Gasteiger partial charge in [0, 0.05) is 11.1 Å². The number of nitrogens with zero attached hydrogens (tertiary/aromatic N) is 4. The van der Waals surface area contributed by atoms with E-state index in [9.17, 15) is 19.5 Å². The number of rotatable bonds is 9. The molecule has 5 rings (SSSR count). The number of para-hydroxylation sites is 1. The predicted octanol–water partition coefficient (Wildman–Crippen LogP) is 3.13. The number of hydrogen-bond acceptors (Lipinski definition) is 7. The lowest BCUT2D eigenvalue weighted by molar-refractivity contribution is -0.136. The van der Waals surface area contributed by atoms with Crippen LogP contribution >= 0.6 is 11.3 Å². The van der Waals surface area contributed by atoms with Crippen molar-refractivity contribution in [2.45, 2.75) is 32.6 Å². The molecule has 0 spiro atoms. The molecule has 10 heteroatoms. The standard InChI is InChI=1S/C26H24N4O5S/c1-2-3-4-7-14-35-17-12-10-16(11-13-17)23-27-26-30(28-23)25(34)22(36-26)21-18-8-5-6-9-19(18)29(24(21)33)15-20(31)32/h5-6,8-13H,2-4,7,14-15H2,1H3,(H,31,32). The van der Waals surface area contributed by atoms with Gasteiger partial charge in [-0.15, -0.1) is 5.10 Å². The Bertz CT molecular complexity index is 1560. The first-order valence-electron chi connectivity index (χ1n) is 11.8. The maximum atomic E-state index is 13.2. The van der Waals surface area contributed by atoms with Gasteiger partial charge in [-0.1, -0.05) is 55.7 Å². The number of carbonyl (C=O) groups excluding carboxylic acids is 1. The van der Waals surface area contributed by atoms with Gasteiger partial charge in [-0.25, -0.2) is 0 Å². The van der Waals surface area contributed by atoms with E-state index in [-0.39, 0.29) is 10.1 Å². The zero-order valence-electron chi connectivity index (χ0n) is 19.6. The maximum Gasteiger partial charge on any atom is 0.323 e. The summed E-state index contributed by atoms with van der Waals surface area (Å²) in [6.45, 7) is 2.36. The highest BCUT2D eigenvalue weighted by Crippen LogP contribution is 2.35. The lowest BCUT2D eigenvalue weighted by Gasteiger charge is -2.13. The molecule has 9 nitrogen and oxygen atoms in total. The number of carboxylic acids is 1. The first-order chi connectivity index (χ1) is 17.5. The monoisotopic (exact) mass is 504 g/mol. The molecule has 1 aliphatic heterocycles. The Balaban J connectivity index is 1.45. The SMILES string of the molecule is CCCCCCOc1ccc(-c2nc3sc(=C4C(=O)N(CC(=O)O)c5ccccc54)c(=O)n3n2)cc1. The molecular weight excluding hydrogens is 480 g/mol. The zero-order valence-corrected chi connectivity index (χ0v) is 20.5. The maximum absolute atomic E-state index is 13.2. The summed E-state index contributed by atoms with van der Waals surface area (Å²) < 4.78 is 7.16. The smallest absolute Gasteiger partial charge is 0.323 e. The Kier molecular flexibility index (Phi) is 6.51. The third kappa shape index (κ3) is 4.35. The van der Waals surface area contributed by atoms with Gasteiger partial charge in [0.05, 0.1) is 17.9 Å². The van der Waals surface area contributed by atoms with E-state index in [1.807, 2.05) is 24.3 Å². The fourth-order valence-corrected chi connectivity index (χ4v) is 5.22. The molecule has 1 N–H and O–H groups in total. The van der Waals surface area contributed by atoms with Crippen LogP contribution in [0.3, 0.4) is 0 Å². The average Bonchev–Trinajstić information content (AvgIpc) is 3.50. The molecule has 0 aliphatic carbocycles. The van der Waals surface area contributed by atoms with E-state index in [1.54, 1.807) is 24.3 Å². The molecule has 184 valence electrons. The second kappa shape index (κ2) is 9.90. The molecule has 3 heterocycles. The van der Waals surface area contributed by atoms with Crippen LogP contribution in [0.15, 0.2) is 53.3 Å².